The summed E-state index contributed by atoms with van der Waals surface area (Å²) < 4.78 is 25.0. The lowest BCUT2D eigenvalue weighted by molar-refractivity contribution is 0.250. The fraction of sp³-hybridized carbons (Fsp3) is 0.318. The van der Waals surface area contributed by atoms with Crippen LogP contribution in [0.25, 0.3) is 5.70 Å². The number of hydrogen-bond donors (Lipinski definition) is 4. The number of hydrogen-bond acceptors (Lipinski definition) is 7. The third-order valence-electron chi connectivity index (χ3n) is 5.04. The summed E-state index contributed by atoms with van der Waals surface area (Å²) in [4.78, 5) is 20.2. The number of anilines is 1. The minimum Gasteiger partial charge on any atom is -0.401 e. The molecule has 1 aromatic heterocycles. The summed E-state index contributed by atoms with van der Waals surface area (Å²) in [6.07, 6.45) is 2.19. The van der Waals surface area contributed by atoms with Crippen LogP contribution in [0, 0.1) is 6.92 Å². The molecule has 0 unspecified atom stereocenters. The molecule has 11 heteroatoms. The van der Waals surface area contributed by atoms with E-state index >= 15 is 0 Å². The Morgan fingerprint density at radius 1 is 1.27 bits per heavy atom. The molecule has 2 aromatic rings. The minimum absolute atomic E-state index is 0.0253. The van der Waals surface area contributed by atoms with Gasteiger partial charge in [-0.2, -0.15) is 0 Å². The van der Waals surface area contributed by atoms with Gasteiger partial charge in [0.25, 0.3) is 0 Å². The number of amides is 2. The predicted octanol–water partition coefficient (Wildman–Crippen LogP) is 3.16. The molecule has 0 atom stereocenters. The number of nitrogens with zero attached hydrogens (tertiary/aromatic N) is 2. The number of sulfone groups is 1. The molecule has 1 aliphatic carbocycles. The number of aryl methyl sites for hydroxylation is 1. The summed E-state index contributed by atoms with van der Waals surface area (Å²) in [6.45, 7) is 9.40. The Labute approximate surface area is 197 Å². The lowest BCUT2D eigenvalue weighted by Gasteiger charge is -2.15. The number of amidine groups is 1. The molecular formula is C22H28N6O3S2. The van der Waals surface area contributed by atoms with Crippen molar-refractivity contribution in [1.82, 2.24) is 10.3 Å². The maximum Gasteiger partial charge on any atom is 0.319 e. The van der Waals surface area contributed by atoms with Gasteiger partial charge in [-0.3, -0.25) is 0 Å². The summed E-state index contributed by atoms with van der Waals surface area (Å²) in [5, 5.41) is 7.17. The zero-order valence-corrected chi connectivity index (χ0v) is 20.4. The highest BCUT2D eigenvalue weighted by Gasteiger charge is 2.58. The van der Waals surface area contributed by atoms with Gasteiger partial charge in [-0.25, -0.2) is 23.2 Å². The van der Waals surface area contributed by atoms with Gasteiger partial charge >= 0.3 is 6.03 Å². The normalized spacial score (nSPS) is 15.9. The van der Waals surface area contributed by atoms with E-state index in [2.05, 4.69) is 27.2 Å². The number of aromatic nitrogens is 1. The second kappa shape index (κ2) is 9.36. The molecule has 0 aliphatic heterocycles. The van der Waals surface area contributed by atoms with Crippen molar-refractivity contribution in [3.05, 3.63) is 59.3 Å². The van der Waals surface area contributed by atoms with Crippen molar-refractivity contribution in [3.63, 3.8) is 0 Å². The number of thiazole rings is 1. The van der Waals surface area contributed by atoms with Gasteiger partial charge in [0.1, 0.15) is 10.6 Å². The van der Waals surface area contributed by atoms with Crippen LogP contribution < -0.4 is 22.1 Å². The van der Waals surface area contributed by atoms with Crippen molar-refractivity contribution < 1.29 is 13.2 Å². The molecule has 3 rings (SSSR count). The van der Waals surface area contributed by atoms with Gasteiger partial charge in [0.15, 0.2) is 0 Å². The largest absolute Gasteiger partial charge is 0.401 e. The SMILES string of the molecule is C=C(/N=C(N)\C=C(/N)C1(S(=O)(=O)c2nc(C)cs2)CC1)c1ccc(NC(=O)NC(C)C)cc1. The number of carbonyl (C=O) groups excluding carboxylic acids is 1. The average molecular weight is 489 g/mol. The first-order valence-electron chi connectivity index (χ1n) is 10.3. The summed E-state index contributed by atoms with van der Waals surface area (Å²) in [5.74, 6) is 0.0489. The van der Waals surface area contributed by atoms with E-state index in [-0.39, 0.29) is 27.9 Å². The molecule has 0 spiro atoms. The van der Waals surface area contributed by atoms with Crippen molar-refractivity contribution in [1.29, 1.82) is 0 Å². The number of rotatable bonds is 8. The van der Waals surface area contributed by atoms with E-state index in [1.807, 2.05) is 13.8 Å². The number of benzene rings is 1. The Bertz CT molecular complexity index is 1220. The highest BCUT2D eigenvalue weighted by Crippen LogP contribution is 2.50. The maximum absolute atomic E-state index is 13.1. The Morgan fingerprint density at radius 3 is 2.42 bits per heavy atom. The van der Waals surface area contributed by atoms with Crippen LogP contribution >= 0.6 is 11.3 Å². The van der Waals surface area contributed by atoms with Gasteiger partial charge in [0.2, 0.25) is 14.2 Å². The summed E-state index contributed by atoms with van der Waals surface area (Å²) in [5.41, 5.74) is 14.7. The molecule has 1 aliphatic rings. The molecular weight excluding hydrogens is 460 g/mol. The lowest BCUT2D eigenvalue weighted by atomic mass is 10.1. The number of nitrogens with two attached hydrogens (primary N) is 2. The second-order valence-electron chi connectivity index (χ2n) is 8.17. The average Bonchev–Trinajstić information content (AvgIpc) is 3.43. The molecule has 1 fully saturated rings. The first-order chi connectivity index (χ1) is 15.4. The summed E-state index contributed by atoms with van der Waals surface area (Å²) >= 11 is 1.09. The van der Waals surface area contributed by atoms with Crippen LogP contribution in [0.2, 0.25) is 0 Å². The molecule has 1 heterocycles. The molecule has 0 radical (unpaired) electrons. The van der Waals surface area contributed by atoms with Crippen LogP contribution in [-0.2, 0) is 9.84 Å². The predicted molar refractivity (Wildman–Crippen MR) is 133 cm³/mol. The van der Waals surface area contributed by atoms with Crippen LogP contribution in [-0.4, -0.2) is 36.1 Å². The van der Waals surface area contributed by atoms with Gasteiger partial charge in [-0.1, -0.05) is 18.7 Å². The topological polar surface area (TPSA) is 153 Å². The molecule has 33 heavy (non-hydrogen) atoms. The van der Waals surface area contributed by atoms with Gasteiger partial charge in [-0.05, 0) is 51.3 Å². The van der Waals surface area contributed by atoms with Gasteiger partial charge in [-0.15, -0.1) is 11.3 Å². The van der Waals surface area contributed by atoms with Crippen LogP contribution in [0.5, 0.6) is 0 Å². The summed E-state index contributed by atoms with van der Waals surface area (Å²) in [7, 11) is -3.71. The van der Waals surface area contributed by atoms with Crippen molar-refractivity contribution >= 4 is 44.4 Å². The molecule has 1 aromatic carbocycles. The number of urea groups is 1. The Morgan fingerprint density at radius 2 is 1.91 bits per heavy atom. The van der Waals surface area contributed by atoms with Crippen LogP contribution in [0.1, 0.15) is 37.9 Å². The van der Waals surface area contributed by atoms with Crippen molar-refractivity contribution in [3.8, 4) is 0 Å². The van der Waals surface area contributed by atoms with E-state index < -0.39 is 14.6 Å². The van der Waals surface area contributed by atoms with E-state index in [1.54, 1.807) is 36.6 Å². The third kappa shape index (κ3) is 5.42. The number of nitrogens with one attached hydrogen (secondary N) is 2. The Hall–Kier alpha value is -3.18. The quantitative estimate of drug-likeness (QED) is 0.331. The standard InChI is InChI=1S/C22H28N6O3S2/c1-13(2)25-20(29)28-17-7-5-16(6-8-17)15(4)27-19(24)11-18(23)22(9-10-22)33(30,31)21-26-14(3)12-32-21/h5-8,11-13H,4,9-10,23H2,1-3H3,(H2,24,27)(H2,25,28,29)/b18-11-. The molecule has 176 valence electrons. The van der Waals surface area contributed by atoms with E-state index in [4.69, 9.17) is 11.5 Å². The second-order valence-corrected chi connectivity index (χ2v) is 11.5. The third-order valence-corrected chi connectivity index (χ3v) is 8.96. The van der Waals surface area contributed by atoms with E-state index in [0.29, 0.717) is 35.5 Å². The van der Waals surface area contributed by atoms with Crippen molar-refractivity contribution in [2.24, 2.45) is 16.5 Å². The van der Waals surface area contributed by atoms with E-state index in [9.17, 15) is 13.2 Å². The van der Waals surface area contributed by atoms with E-state index in [0.717, 1.165) is 11.3 Å². The fourth-order valence-corrected chi connectivity index (χ4v) is 6.43. The Kier molecular flexibility index (Phi) is 6.94. The highest BCUT2D eigenvalue weighted by atomic mass is 32.2. The maximum atomic E-state index is 13.1. The van der Waals surface area contributed by atoms with Gasteiger partial charge in [0.05, 0.1) is 5.70 Å². The first kappa shape index (κ1) is 24.5. The highest BCUT2D eigenvalue weighted by molar-refractivity contribution is 7.95. The molecule has 0 saturated heterocycles. The lowest BCUT2D eigenvalue weighted by Crippen LogP contribution is -2.34. The van der Waals surface area contributed by atoms with Gasteiger partial charge in [0, 0.05) is 34.6 Å². The zero-order valence-electron chi connectivity index (χ0n) is 18.8. The molecule has 6 N–H and O–H groups in total. The van der Waals surface area contributed by atoms with Crippen LogP contribution in [0.3, 0.4) is 0 Å². The van der Waals surface area contributed by atoms with Crippen molar-refractivity contribution in [2.45, 2.75) is 48.7 Å². The van der Waals surface area contributed by atoms with Gasteiger partial charge < -0.3 is 22.1 Å². The number of carbonyl (C=O) groups is 1. The Balaban J connectivity index is 1.72. The van der Waals surface area contributed by atoms with Crippen LogP contribution in [0.4, 0.5) is 10.5 Å². The zero-order chi connectivity index (χ0) is 24.4. The molecule has 0 bridgehead atoms. The van der Waals surface area contributed by atoms with E-state index in [1.165, 1.54) is 6.08 Å². The summed E-state index contributed by atoms with van der Waals surface area (Å²) in [6, 6.07) is 6.66. The molecule has 2 amide bonds. The smallest absolute Gasteiger partial charge is 0.319 e. The molecule has 1 saturated carbocycles. The molecule has 9 nitrogen and oxygen atoms in total. The van der Waals surface area contributed by atoms with Crippen LogP contribution in [0.15, 0.2) is 57.3 Å². The first-order valence-corrected chi connectivity index (χ1v) is 12.7. The fourth-order valence-electron chi connectivity index (χ4n) is 3.17. The van der Waals surface area contributed by atoms with Crippen molar-refractivity contribution in [2.75, 3.05) is 5.32 Å². The minimum atomic E-state index is -3.71. The monoisotopic (exact) mass is 488 g/mol. The number of aliphatic imine (C=N–C) groups is 1.